The second-order valence-corrected chi connectivity index (χ2v) is 8.58. The first-order valence-corrected chi connectivity index (χ1v) is 11.4. The highest BCUT2D eigenvalue weighted by atomic mass is 32.2. The Kier molecular flexibility index (Phi) is 7.36. The van der Waals surface area contributed by atoms with E-state index in [1.807, 2.05) is 4.90 Å². The molecule has 0 saturated carbocycles. The highest BCUT2D eigenvalue weighted by molar-refractivity contribution is 7.99. The molecule has 0 spiro atoms. The summed E-state index contributed by atoms with van der Waals surface area (Å²) in [4.78, 5) is 35.9. The van der Waals surface area contributed by atoms with Crippen molar-refractivity contribution < 1.29 is 18.4 Å². The van der Waals surface area contributed by atoms with Gasteiger partial charge in [-0.25, -0.2) is 13.8 Å². The Morgan fingerprint density at radius 3 is 2.52 bits per heavy atom. The number of carbonyl (C=O) groups excluding carboxylic acids is 2. The Morgan fingerprint density at radius 1 is 1.03 bits per heavy atom. The third-order valence-electron chi connectivity index (χ3n) is 5.24. The number of halogens is 2. The zero-order chi connectivity index (χ0) is 23.2. The smallest absolute Gasteiger partial charge is 0.238 e. The minimum atomic E-state index is -0.404. The van der Waals surface area contributed by atoms with E-state index < -0.39 is 5.82 Å². The number of rotatable bonds is 7. The third kappa shape index (κ3) is 6.39. The normalized spacial score (nSPS) is 14.3. The molecule has 0 aliphatic carbocycles. The van der Waals surface area contributed by atoms with Crippen molar-refractivity contribution in [2.45, 2.75) is 5.16 Å². The minimum Gasteiger partial charge on any atom is -0.339 e. The lowest BCUT2D eigenvalue weighted by Crippen LogP contribution is -2.50. The molecule has 0 radical (unpaired) electrons. The molecule has 0 unspecified atom stereocenters. The van der Waals surface area contributed by atoms with Crippen molar-refractivity contribution >= 4 is 29.3 Å². The number of H-pyrrole nitrogens is 1. The van der Waals surface area contributed by atoms with Crippen LogP contribution in [-0.4, -0.2) is 70.1 Å². The molecule has 172 valence electrons. The zero-order valence-electron chi connectivity index (χ0n) is 17.8. The van der Waals surface area contributed by atoms with Crippen LogP contribution in [0.4, 0.5) is 14.5 Å². The molecule has 10 heteroatoms. The van der Waals surface area contributed by atoms with E-state index >= 15 is 0 Å². The van der Waals surface area contributed by atoms with Gasteiger partial charge in [-0.15, -0.1) is 0 Å². The van der Waals surface area contributed by atoms with Gasteiger partial charge < -0.3 is 15.2 Å². The number of thioether (sulfide) groups is 1. The Labute approximate surface area is 194 Å². The molecule has 1 aliphatic rings. The van der Waals surface area contributed by atoms with E-state index in [2.05, 4.69) is 15.3 Å². The average molecular weight is 472 g/mol. The van der Waals surface area contributed by atoms with Crippen LogP contribution in [0.2, 0.25) is 0 Å². The topological polar surface area (TPSA) is 81.3 Å². The van der Waals surface area contributed by atoms with Gasteiger partial charge in [-0.3, -0.25) is 14.5 Å². The summed E-state index contributed by atoms with van der Waals surface area (Å²) in [7, 11) is 0. The van der Waals surface area contributed by atoms with Gasteiger partial charge in [-0.2, -0.15) is 0 Å². The Hall–Kier alpha value is -3.24. The lowest BCUT2D eigenvalue weighted by Gasteiger charge is -2.34. The zero-order valence-corrected chi connectivity index (χ0v) is 18.6. The number of aromatic nitrogens is 2. The molecule has 1 fully saturated rings. The number of carbonyl (C=O) groups is 2. The minimum absolute atomic E-state index is 0.00333. The average Bonchev–Trinajstić information content (AvgIpc) is 3.27. The lowest BCUT2D eigenvalue weighted by molar-refractivity contribution is -0.130. The number of hydrogen-bond acceptors (Lipinski definition) is 5. The number of nitrogens with one attached hydrogen (secondary N) is 2. The number of amides is 2. The van der Waals surface area contributed by atoms with Crippen LogP contribution in [-0.2, 0) is 9.59 Å². The second-order valence-electron chi connectivity index (χ2n) is 7.61. The predicted octanol–water partition coefficient (Wildman–Crippen LogP) is 3.23. The number of aromatic amines is 1. The van der Waals surface area contributed by atoms with Gasteiger partial charge in [-0.1, -0.05) is 17.8 Å². The molecule has 7 nitrogen and oxygen atoms in total. The van der Waals surface area contributed by atoms with Gasteiger partial charge in [0.2, 0.25) is 11.8 Å². The van der Waals surface area contributed by atoms with Gasteiger partial charge in [0.1, 0.15) is 11.6 Å². The molecule has 4 rings (SSSR count). The van der Waals surface area contributed by atoms with E-state index in [9.17, 15) is 18.4 Å². The van der Waals surface area contributed by atoms with Gasteiger partial charge in [0, 0.05) is 31.9 Å². The van der Waals surface area contributed by atoms with Crippen LogP contribution in [0.3, 0.4) is 0 Å². The summed E-state index contributed by atoms with van der Waals surface area (Å²) in [5, 5.41) is 3.31. The van der Waals surface area contributed by atoms with Crippen LogP contribution in [0.25, 0.3) is 11.3 Å². The molecule has 0 atom stereocenters. The van der Waals surface area contributed by atoms with Crippen molar-refractivity contribution in [2.75, 3.05) is 43.8 Å². The maximum Gasteiger partial charge on any atom is 0.238 e. The van der Waals surface area contributed by atoms with E-state index in [-0.39, 0.29) is 29.9 Å². The summed E-state index contributed by atoms with van der Waals surface area (Å²) in [6, 6.07) is 11.9. The SMILES string of the molecule is O=C(CN1CCN(C(=O)CSc2ncc(-c3ccc(F)cc3)[nH]2)CC1)Nc1cccc(F)c1. The first-order valence-electron chi connectivity index (χ1n) is 10.5. The molecule has 1 aromatic heterocycles. The first-order chi connectivity index (χ1) is 16.0. The second kappa shape index (κ2) is 10.6. The van der Waals surface area contributed by atoms with Crippen LogP contribution < -0.4 is 5.32 Å². The van der Waals surface area contributed by atoms with Crippen LogP contribution in [0.5, 0.6) is 0 Å². The summed E-state index contributed by atoms with van der Waals surface area (Å²) in [6.45, 7) is 2.42. The molecule has 1 aliphatic heterocycles. The Balaban J connectivity index is 1.19. The molecule has 2 N–H and O–H groups in total. The van der Waals surface area contributed by atoms with Gasteiger partial charge in [0.15, 0.2) is 5.16 Å². The lowest BCUT2D eigenvalue weighted by atomic mass is 10.2. The first kappa shape index (κ1) is 22.9. The molecule has 2 heterocycles. The van der Waals surface area contributed by atoms with Crippen LogP contribution in [0, 0.1) is 11.6 Å². The van der Waals surface area contributed by atoms with E-state index in [0.717, 1.165) is 11.3 Å². The largest absolute Gasteiger partial charge is 0.339 e. The summed E-state index contributed by atoms with van der Waals surface area (Å²) < 4.78 is 26.3. The number of nitrogens with zero attached hydrogens (tertiary/aromatic N) is 3. The number of benzene rings is 2. The van der Waals surface area contributed by atoms with Crippen LogP contribution in [0.15, 0.2) is 59.9 Å². The number of anilines is 1. The Morgan fingerprint density at radius 2 is 1.79 bits per heavy atom. The standard InChI is InChI=1S/C23H23F2N5O2S/c24-17-6-4-16(5-7-17)20-13-26-23(28-20)33-15-22(32)30-10-8-29(9-11-30)14-21(31)27-19-3-1-2-18(25)12-19/h1-7,12-13H,8-11,14-15H2,(H,26,28)(H,27,31). The van der Waals surface area contributed by atoms with E-state index in [1.54, 1.807) is 35.4 Å². The quantitative estimate of drug-likeness (QED) is 0.517. The van der Waals surface area contributed by atoms with E-state index in [1.165, 1.54) is 36.0 Å². The van der Waals surface area contributed by atoms with Crippen LogP contribution >= 0.6 is 11.8 Å². The fourth-order valence-electron chi connectivity index (χ4n) is 3.50. The summed E-state index contributed by atoms with van der Waals surface area (Å²) in [6.07, 6.45) is 1.66. The maximum absolute atomic E-state index is 13.2. The fourth-order valence-corrected chi connectivity index (χ4v) is 4.25. The van der Waals surface area contributed by atoms with Gasteiger partial charge in [-0.05, 0) is 48.0 Å². The molecule has 3 aromatic rings. The molecular weight excluding hydrogens is 448 g/mol. The highest BCUT2D eigenvalue weighted by Gasteiger charge is 2.22. The van der Waals surface area contributed by atoms with Gasteiger partial charge in [0.25, 0.3) is 0 Å². The van der Waals surface area contributed by atoms with Crippen molar-refractivity contribution in [3.63, 3.8) is 0 Å². The number of piperazine rings is 1. The molecule has 33 heavy (non-hydrogen) atoms. The molecule has 1 saturated heterocycles. The van der Waals surface area contributed by atoms with Crippen molar-refractivity contribution in [3.05, 3.63) is 66.4 Å². The maximum atomic E-state index is 13.2. The number of imidazole rings is 1. The van der Waals surface area contributed by atoms with Crippen molar-refractivity contribution in [2.24, 2.45) is 0 Å². The fraction of sp³-hybridized carbons (Fsp3) is 0.261. The summed E-state index contributed by atoms with van der Waals surface area (Å²) in [5.74, 6) is -0.671. The van der Waals surface area contributed by atoms with Crippen LogP contribution in [0.1, 0.15) is 0 Å². The monoisotopic (exact) mass is 471 g/mol. The van der Waals surface area contributed by atoms with Crippen molar-refractivity contribution in [1.29, 1.82) is 0 Å². The van der Waals surface area contributed by atoms with Gasteiger partial charge in [0.05, 0.1) is 24.2 Å². The van der Waals surface area contributed by atoms with Crippen molar-refractivity contribution in [1.82, 2.24) is 19.8 Å². The Bertz CT molecular complexity index is 1110. The molecule has 2 aromatic carbocycles. The van der Waals surface area contributed by atoms with E-state index in [0.29, 0.717) is 37.0 Å². The molecular formula is C23H23F2N5O2S. The van der Waals surface area contributed by atoms with Crippen molar-refractivity contribution in [3.8, 4) is 11.3 Å². The number of hydrogen-bond donors (Lipinski definition) is 2. The van der Waals surface area contributed by atoms with E-state index in [4.69, 9.17) is 0 Å². The van der Waals surface area contributed by atoms with Gasteiger partial charge >= 0.3 is 0 Å². The predicted molar refractivity (Wildman–Crippen MR) is 123 cm³/mol. The summed E-state index contributed by atoms with van der Waals surface area (Å²) >= 11 is 1.31. The summed E-state index contributed by atoms with van der Waals surface area (Å²) in [5.41, 5.74) is 2.00. The molecule has 2 amide bonds. The third-order valence-corrected chi connectivity index (χ3v) is 6.11. The molecule has 0 bridgehead atoms. The highest BCUT2D eigenvalue weighted by Crippen LogP contribution is 2.22.